The van der Waals surface area contributed by atoms with Crippen molar-refractivity contribution in [2.24, 2.45) is 5.92 Å². The van der Waals surface area contributed by atoms with E-state index in [0.29, 0.717) is 36.0 Å². The van der Waals surface area contributed by atoms with E-state index in [4.69, 9.17) is 4.74 Å². The zero-order chi connectivity index (χ0) is 24.7. The average Bonchev–Trinajstić information content (AvgIpc) is 3.13. The third-order valence-electron chi connectivity index (χ3n) is 5.15. The lowest BCUT2D eigenvalue weighted by atomic mass is 10.1. The fraction of sp³-hybridized carbons (Fsp3) is 0.360. The Bertz CT molecular complexity index is 1160. The van der Waals surface area contributed by atoms with Gasteiger partial charge in [-0.1, -0.05) is 44.2 Å². The Morgan fingerprint density at radius 2 is 1.85 bits per heavy atom. The molecule has 0 saturated heterocycles. The number of aromatic nitrogens is 2. The third kappa shape index (κ3) is 6.34. The Morgan fingerprint density at radius 3 is 2.50 bits per heavy atom. The SMILES string of the molecule is CCOC(=O)CNc1c(CC(C)C)nc2cc(C(=O)NC(Cc3ccccc3)C(=O)O)ccn12. The first-order valence-corrected chi connectivity index (χ1v) is 11.3. The van der Waals surface area contributed by atoms with Crippen molar-refractivity contribution in [3.63, 3.8) is 0 Å². The number of esters is 1. The summed E-state index contributed by atoms with van der Waals surface area (Å²) < 4.78 is 6.76. The van der Waals surface area contributed by atoms with E-state index in [1.54, 1.807) is 29.7 Å². The maximum Gasteiger partial charge on any atom is 0.326 e. The van der Waals surface area contributed by atoms with Crippen molar-refractivity contribution in [3.8, 4) is 0 Å². The molecule has 0 bridgehead atoms. The van der Waals surface area contributed by atoms with Crippen molar-refractivity contribution in [2.75, 3.05) is 18.5 Å². The second-order valence-electron chi connectivity index (χ2n) is 8.36. The molecule has 0 aliphatic heterocycles. The van der Waals surface area contributed by atoms with Crippen LogP contribution in [-0.4, -0.2) is 51.5 Å². The van der Waals surface area contributed by atoms with Crippen LogP contribution in [0.25, 0.3) is 5.65 Å². The van der Waals surface area contributed by atoms with Gasteiger partial charge in [-0.25, -0.2) is 9.78 Å². The molecule has 1 amide bonds. The van der Waals surface area contributed by atoms with Gasteiger partial charge in [-0.15, -0.1) is 0 Å². The number of nitrogens with one attached hydrogen (secondary N) is 2. The molecule has 0 fully saturated rings. The molecule has 0 saturated carbocycles. The molecule has 3 aromatic rings. The van der Waals surface area contributed by atoms with Gasteiger partial charge in [0.25, 0.3) is 5.91 Å². The largest absolute Gasteiger partial charge is 0.480 e. The van der Waals surface area contributed by atoms with Crippen LogP contribution in [0.15, 0.2) is 48.7 Å². The predicted octanol–water partition coefficient (Wildman–Crippen LogP) is 2.93. The number of pyridine rings is 1. The highest BCUT2D eigenvalue weighted by atomic mass is 16.5. The number of carboxylic acids is 1. The first-order chi connectivity index (χ1) is 16.3. The van der Waals surface area contributed by atoms with Crippen LogP contribution in [0, 0.1) is 5.92 Å². The molecule has 9 nitrogen and oxygen atoms in total. The average molecular weight is 467 g/mol. The minimum Gasteiger partial charge on any atom is -0.480 e. The molecule has 3 rings (SSSR count). The molecule has 2 aromatic heterocycles. The normalized spacial score (nSPS) is 11.9. The van der Waals surface area contributed by atoms with Gasteiger partial charge >= 0.3 is 11.9 Å². The number of fused-ring (bicyclic) bond motifs is 1. The highest BCUT2D eigenvalue weighted by molar-refractivity contribution is 5.97. The fourth-order valence-electron chi connectivity index (χ4n) is 3.61. The number of aliphatic carboxylic acids is 1. The van der Waals surface area contributed by atoms with Crippen LogP contribution in [0.3, 0.4) is 0 Å². The molecule has 9 heteroatoms. The molecule has 1 unspecified atom stereocenters. The molecule has 3 N–H and O–H groups in total. The van der Waals surface area contributed by atoms with Crippen molar-refractivity contribution in [3.05, 3.63) is 65.5 Å². The summed E-state index contributed by atoms with van der Waals surface area (Å²) in [6.07, 6.45) is 2.53. The summed E-state index contributed by atoms with van der Waals surface area (Å²) in [5.41, 5.74) is 2.40. The predicted molar refractivity (Wildman–Crippen MR) is 128 cm³/mol. The number of anilines is 1. The maximum atomic E-state index is 12.9. The number of hydrogen-bond donors (Lipinski definition) is 3. The highest BCUT2D eigenvalue weighted by Gasteiger charge is 2.22. The number of carboxylic acid groups (broad SMARTS) is 1. The Labute approximate surface area is 198 Å². The molecular formula is C25H30N4O5. The molecule has 1 aromatic carbocycles. The Morgan fingerprint density at radius 1 is 1.12 bits per heavy atom. The Hall–Kier alpha value is -3.88. The lowest BCUT2D eigenvalue weighted by Crippen LogP contribution is -2.42. The van der Waals surface area contributed by atoms with E-state index in [9.17, 15) is 19.5 Å². The van der Waals surface area contributed by atoms with E-state index in [1.165, 1.54) is 0 Å². The van der Waals surface area contributed by atoms with E-state index < -0.39 is 17.9 Å². The molecule has 0 spiro atoms. The first kappa shape index (κ1) is 24.8. The molecule has 34 heavy (non-hydrogen) atoms. The third-order valence-corrected chi connectivity index (χ3v) is 5.15. The number of benzene rings is 1. The summed E-state index contributed by atoms with van der Waals surface area (Å²) in [4.78, 5) is 41.1. The van der Waals surface area contributed by atoms with E-state index in [1.807, 2.05) is 30.3 Å². The van der Waals surface area contributed by atoms with Gasteiger partial charge < -0.3 is 20.5 Å². The Balaban J connectivity index is 1.83. The van der Waals surface area contributed by atoms with Gasteiger partial charge in [0.15, 0.2) is 0 Å². The van der Waals surface area contributed by atoms with Crippen LogP contribution in [-0.2, 0) is 27.2 Å². The quantitative estimate of drug-likeness (QED) is 0.371. The smallest absolute Gasteiger partial charge is 0.326 e. The maximum absolute atomic E-state index is 12.9. The number of hydrogen-bond acceptors (Lipinski definition) is 6. The van der Waals surface area contributed by atoms with Crippen LogP contribution >= 0.6 is 0 Å². The van der Waals surface area contributed by atoms with Crippen molar-refractivity contribution in [1.82, 2.24) is 14.7 Å². The van der Waals surface area contributed by atoms with E-state index >= 15 is 0 Å². The molecule has 2 heterocycles. The zero-order valence-electron chi connectivity index (χ0n) is 19.6. The fourth-order valence-corrected chi connectivity index (χ4v) is 3.61. The van der Waals surface area contributed by atoms with Gasteiger partial charge in [0.05, 0.1) is 12.3 Å². The van der Waals surface area contributed by atoms with Gasteiger partial charge in [-0.05, 0) is 37.0 Å². The number of imidazole rings is 1. The van der Waals surface area contributed by atoms with Crippen LogP contribution in [0.2, 0.25) is 0 Å². The summed E-state index contributed by atoms with van der Waals surface area (Å²) in [5.74, 6) is -0.993. The van der Waals surface area contributed by atoms with Crippen LogP contribution in [0.5, 0.6) is 0 Å². The van der Waals surface area contributed by atoms with Crippen LogP contribution in [0.1, 0.15) is 42.4 Å². The van der Waals surface area contributed by atoms with Gasteiger partial charge in [-0.2, -0.15) is 0 Å². The number of nitrogens with zero attached hydrogens (tertiary/aromatic N) is 2. The molecule has 180 valence electrons. The van der Waals surface area contributed by atoms with Crippen LogP contribution in [0.4, 0.5) is 5.82 Å². The van der Waals surface area contributed by atoms with Crippen molar-refractivity contribution in [2.45, 2.75) is 39.7 Å². The first-order valence-electron chi connectivity index (χ1n) is 11.3. The minimum absolute atomic E-state index is 0.00521. The Kier molecular flexibility index (Phi) is 8.24. The second kappa shape index (κ2) is 11.3. The summed E-state index contributed by atoms with van der Waals surface area (Å²) >= 11 is 0. The summed E-state index contributed by atoms with van der Waals surface area (Å²) in [5, 5.41) is 15.3. The molecule has 1 atom stereocenters. The lowest BCUT2D eigenvalue weighted by Gasteiger charge is -2.15. The summed E-state index contributed by atoms with van der Waals surface area (Å²) in [7, 11) is 0. The molecule has 0 aliphatic carbocycles. The van der Waals surface area contributed by atoms with Crippen LogP contribution < -0.4 is 10.6 Å². The van der Waals surface area contributed by atoms with Crippen molar-refractivity contribution >= 4 is 29.3 Å². The number of carbonyl (C=O) groups is 3. The topological polar surface area (TPSA) is 122 Å². The zero-order valence-corrected chi connectivity index (χ0v) is 19.6. The number of ether oxygens (including phenoxy) is 1. The summed E-state index contributed by atoms with van der Waals surface area (Å²) in [6, 6.07) is 11.3. The second-order valence-corrected chi connectivity index (χ2v) is 8.36. The lowest BCUT2D eigenvalue weighted by molar-refractivity contribution is -0.141. The minimum atomic E-state index is -1.11. The van der Waals surface area contributed by atoms with Crippen molar-refractivity contribution in [1.29, 1.82) is 0 Å². The molecule has 0 radical (unpaired) electrons. The summed E-state index contributed by atoms with van der Waals surface area (Å²) in [6.45, 7) is 6.17. The number of amides is 1. The highest BCUT2D eigenvalue weighted by Crippen LogP contribution is 2.22. The molecular weight excluding hydrogens is 436 g/mol. The monoisotopic (exact) mass is 466 g/mol. The van der Waals surface area contributed by atoms with Gasteiger partial charge in [-0.3, -0.25) is 14.0 Å². The van der Waals surface area contributed by atoms with Gasteiger partial charge in [0.2, 0.25) is 0 Å². The van der Waals surface area contributed by atoms with Gasteiger partial charge in [0, 0.05) is 18.2 Å². The van der Waals surface area contributed by atoms with Gasteiger partial charge in [0.1, 0.15) is 24.1 Å². The number of carbonyl (C=O) groups excluding carboxylic acids is 2. The van der Waals surface area contributed by atoms with Crippen molar-refractivity contribution < 1.29 is 24.2 Å². The van der Waals surface area contributed by atoms with E-state index in [2.05, 4.69) is 29.5 Å². The number of rotatable bonds is 11. The van der Waals surface area contributed by atoms with E-state index in [-0.39, 0.29) is 18.9 Å². The van der Waals surface area contributed by atoms with E-state index in [0.717, 1.165) is 11.3 Å². The standard InChI is InChI=1S/C25H30N4O5/c1-4-34-22(30)15-26-23-19(12-16(2)3)27-21-14-18(10-11-29(21)23)24(31)28-20(25(32)33)13-17-8-6-5-7-9-17/h5-11,14,16,20,26H,4,12-13,15H2,1-3H3,(H,28,31)(H,32,33). The molecule has 0 aliphatic rings.